The molecule has 4 N–H and O–H groups in total. The minimum Gasteiger partial charge on any atom is -0.355 e. The van der Waals surface area contributed by atoms with Gasteiger partial charge in [-0.2, -0.15) is 0 Å². The van der Waals surface area contributed by atoms with Gasteiger partial charge in [0.1, 0.15) is 0 Å². The average molecular weight is 185 g/mol. The van der Waals surface area contributed by atoms with E-state index in [0.29, 0.717) is 19.1 Å². The molecule has 2 unspecified atom stereocenters. The zero-order valence-electron chi connectivity index (χ0n) is 8.18. The molecule has 1 saturated heterocycles. The summed E-state index contributed by atoms with van der Waals surface area (Å²) < 4.78 is 0. The van der Waals surface area contributed by atoms with E-state index >= 15 is 0 Å². The summed E-state index contributed by atoms with van der Waals surface area (Å²) in [6.45, 7) is 4.19. The first-order chi connectivity index (χ1) is 6.25. The summed E-state index contributed by atoms with van der Waals surface area (Å²) in [5, 5.41) is 6.13. The van der Waals surface area contributed by atoms with Crippen LogP contribution in [0.15, 0.2) is 0 Å². The Morgan fingerprint density at radius 3 is 3.08 bits per heavy atom. The molecule has 4 nitrogen and oxygen atoms in total. The fourth-order valence-electron chi connectivity index (χ4n) is 1.73. The lowest BCUT2D eigenvalue weighted by Gasteiger charge is -2.28. The van der Waals surface area contributed by atoms with Gasteiger partial charge in [-0.1, -0.05) is 0 Å². The number of nitrogens with one attached hydrogen (secondary N) is 2. The zero-order valence-corrected chi connectivity index (χ0v) is 8.18. The van der Waals surface area contributed by atoms with Crippen LogP contribution in [0, 0.1) is 5.92 Å². The second-order valence-corrected chi connectivity index (χ2v) is 3.57. The molecule has 76 valence electrons. The first-order valence-corrected chi connectivity index (χ1v) is 4.97. The molecule has 1 amide bonds. The molecule has 4 heteroatoms. The van der Waals surface area contributed by atoms with Gasteiger partial charge in [0.05, 0.1) is 5.92 Å². The number of rotatable bonds is 3. The van der Waals surface area contributed by atoms with Crippen molar-refractivity contribution >= 4 is 5.91 Å². The van der Waals surface area contributed by atoms with E-state index in [2.05, 4.69) is 17.6 Å². The van der Waals surface area contributed by atoms with E-state index in [1.165, 1.54) is 0 Å². The molecule has 1 aliphatic heterocycles. The lowest BCUT2D eigenvalue weighted by molar-refractivity contribution is -0.126. The van der Waals surface area contributed by atoms with Crippen molar-refractivity contribution in [3.63, 3.8) is 0 Å². The molecule has 0 aromatic carbocycles. The number of nitrogens with two attached hydrogens (primary N) is 1. The predicted molar refractivity (Wildman–Crippen MR) is 52.3 cm³/mol. The molecule has 13 heavy (non-hydrogen) atoms. The van der Waals surface area contributed by atoms with E-state index in [9.17, 15) is 4.79 Å². The van der Waals surface area contributed by atoms with E-state index < -0.39 is 0 Å². The number of carbonyl (C=O) groups excluding carboxylic acids is 1. The van der Waals surface area contributed by atoms with Crippen molar-refractivity contribution in [3.8, 4) is 0 Å². The minimum absolute atomic E-state index is 0.125. The number of carbonyl (C=O) groups is 1. The van der Waals surface area contributed by atoms with Crippen LogP contribution in [0.4, 0.5) is 0 Å². The van der Waals surface area contributed by atoms with Crippen LogP contribution in [0.25, 0.3) is 0 Å². The fourth-order valence-corrected chi connectivity index (χ4v) is 1.73. The lowest BCUT2D eigenvalue weighted by Crippen LogP contribution is -2.47. The van der Waals surface area contributed by atoms with Crippen molar-refractivity contribution in [2.75, 3.05) is 19.6 Å². The zero-order chi connectivity index (χ0) is 9.68. The third-order valence-electron chi connectivity index (χ3n) is 2.54. The van der Waals surface area contributed by atoms with Gasteiger partial charge in [0.15, 0.2) is 0 Å². The molecule has 1 rings (SSSR count). The van der Waals surface area contributed by atoms with Crippen molar-refractivity contribution in [2.24, 2.45) is 11.7 Å². The highest BCUT2D eigenvalue weighted by Crippen LogP contribution is 2.15. The first kappa shape index (κ1) is 10.5. The number of amides is 1. The van der Waals surface area contributed by atoms with E-state index in [1.807, 2.05) is 0 Å². The lowest BCUT2D eigenvalue weighted by atomic mass is 9.91. The van der Waals surface area contributed by atoms with Crippen LogP contribution in [0.1, 0.15) is 19.8 Å². The van der Waals surface area contributed by atoms with E-state index in [1.54, 1.807) is 0 Å². The molecule has 0 aliphatic carbocycles. The smallest absolute Gasteiger partial charge is 0.224 e. The standard InChI is InChI=1S/C9H19N3O/c1-7-8(3-2-5-11-7)9(13)12-6-4-10/h7-8,11H,2-6,10H2,1H3,(H,12,13). The van der Waals surface area contributed by atoms with Gasteiger partial charge in [0.2, 0.25) is 5.91 Å². The monoisotopic (exact) mass is 185 g/mol. The summed E-state index contributed by atoms with van der Waals surface area (Å²) in [5.74, 6) is 0.269. The summed E-state index contributed by atoms with van der Waals surface area (Å²) in [6.07, 6.45) is 2.08. The van der Waals surface area contributed by atoms with Gasteiger partial charge >= 0.3 is 0 Å². The maximum Gasteiger partial charge on any atom is 0.224 e. The molecule has 0 radical (unpaired) electrons. The fraction of sp³-hybridized carbons (Fsp3) is 0.889. The van der Waals surface area contributed by atoms with Crippen molar-refractivity contribution in [1.82, 2.24) is 10.6 Å². The Balaban J connectivity index is 2.35. The van der Waals surface area contributed by atoms with Gasteiger partial charge in [0, 0.05) is 19.1 Å². The third kappa shape index (κ3) is 2.97. The van der Waals surface area contributed by atoms with Crippen LogP contribution >= 0.6 is 0 Å². The second-order valence-electron chi connectivity index (χ2n) is 3.57. The largest absolute Gasteiger partial charge is 0.355 e. The summed E-state index contributed by atoms with van der Waals surface area (Å²) in [6, 6.07) is 0.298. The Morgan fingerprint density at radius 1 is 1.69 bits per heavy atom. The van der Waals surface area contributed by atoms with Crippen molar-refractivity contribution in [1.29, 1.82) is 0 Å². The highest BCUT2D eigenvalue weighted by molar-refractivity contribution is 5.79. The Hall–Kier alpha value is -0.610. The Kier molecular flexibility index (Phi) is 4.18. The SMILES string of the molecule is CC1NCCCC1C(=O)NCCN. The minimum atomic E-state index is 0.125. The van der Waals surface area contributed by atoms with E-state index in [-0.39, 0.29) is 11.8 Å². The molecule has 2 atom stereocenters. The Labute approximate surface area is 79.3 Å². The normalized spacial score (nSPS) is 28.5. The maximum atomic E-state index is 11.6. The maximum absolute atomic E-state index is 11.6. The predicted octanol–water partition coefficient (Wildman–Crippen LogP) is -0.551. The molecule has 1 fully saturated rings. The summed E-state index contributed by atoms with van der Waals surface area (Å²) in [5.41, 5.74) is 5.31. The molecule has 1 aliphatic rings. The van der Waals surface area contributed by atoms with Crippen LogP contribution < -0.4 is 16.4 Å². The van der Waals surface area contributed by atoms with Crippen LogP contribution in [0.2, 0.25) is 0 Å². The quantitative estimate of drug-likeness (QED) is 0.552. The highest BCUT2D eigenvalue weighted by atomic mass is 16.1. The molecular formula is C9H19N3O. The van der Waals surface area contributed by atoms with Crippen LogP contribution in [0.3, 0.4) is 0 Å². The van der Waals surface area contributed by atoms with E-state index in [0.717, 1.165) is 19.4 Å². The molecule has 0 saturated carbocycles. The van der Waals surface area contributed by atoms with Gasteiger partial charge in [-0.05, 0) is 26.3 Å². The van der Waals surface area contributed by atoms with Crippen molar-refractivity contribution in [2.45, 2.75) is 25.8 Å². The van der Waals surface area contributed by atoms with Gasteiger partial charge in [-0.15, -0.1) is 0 Å². The number of hydrogen-bond acceptors (Lipinski definition) is 3. The van der Waals surface area contributed by atoms with Gasteiger partial charge in [0.25, 0.3) is 0 Å². The average Bonchev–Trinajstić information content (AvgIpc) is 2.15. The molecule has 0 spiro atoms. The topological polar surface area (TPSA) is 67.2 Å². The van der Waals surface area contributed by atoms with Crippen LogP contribution in [-0.4, -0.2) is 31.6 Å². The van der Waals surface area contributed by atoms with Gasteiger partial charge in [-0.25, -0.2) is 0 Å². The van der Waals surface area contributed by atoms with Crippen LogP contribution in [0.5, 0.6) is 0 Å². The summed E-state index contributed by atoms with van der Waals surface area (Å²) in [7, 11) is 0. The molecule has 0 aromatic heterocycles. The van der Waals surface area contributed by atoms with Gasteiger partial charge in [-0.3, -0.25) is 4.79 Å². The molecular weight excluding hydrogens is 166 g/mol. The second kappa shape index (κ2) is 5.19. The summed E-state index contributed by atoms with van der Waals surface area (Å²) >= 11 is 0. The van der Waals surface area contributed by atoms with Gasteiger partial charge < -0.3 is 16.4 Å². The third-order valence-corrected chi connectivity index (χ3v) is 2.54. The van der Waals surface area contributed by atoms with E-state index in [4.69, 9.17) is 5.73 Å². The number of piperidine rings is 1. The van der Waals surface area contributed by atoms with Crippen molar-refractivity contribution in [3.05, 3.63) is 0 Å². The Morgan fingerprint density at radius 2 is 2.46 bits per heavy atom. The van der Waals surface area contributed by atoms with Crippen LogP contribution in [-0.2, 0) is 4.79 Å². The molecule has 1 heterocycles. The number of hydrogen-bond donors (Lipinski definition) is 3. The van der Waals surface area contributed by atoms with Crippen molar-refractivity contribution < 1.29 is 4.79 Å². The molecule has 0 bridgehead atoms. The first-order valence-electron chi connectivity index (χ1n) is 4.97. The molecule has 0 aromatic rings. The summed E-state index contributed by atoms with van der Waals surface area (Å²) in [4.78, 5) is 11.6. The Bertz CT molecular complexity index is 172. The highest BCUT2D eigenvalue weighted by Gasteiger charge is 2.26.